The number of carbonyl (C=O) groups is 1. The van der Waals surface area contributed by atoms with E-state index < -0.39 is 10.0 Å². The van der Waals surface area contributed by atoms with Crippen LogP contribution >= 0.6 is 0 Å². The van der Waals surface area contributed by atoms with Gasteiger partial charge in [-0.2, -0.15) is 4.31 Å². The van der Waals surface area contributed by atoms with Crippen LogP contribution < -0.4 is 5.32 Å². The van der Waals surface area contributed by atoms with E-state index in [0.29, 0.717) is 31.1 Å². The molecule has 0 aromatic heterocycles. The molecule has 0 bridgehead atoms. The van der Waals surface area contributed by atoms with E-state index in [9.17, 15) is 13.2 Å². The number of hydrogen-bond donors (Lipinski definition) is 1. The summed E-state index contributed by atoms with van der Waals surface area (Å²) in [7, 11) is -3.55. The van der Waals surface area contributed by atoms with Gasteiger partial charge in [-0.25, -0.2) is 8.42 Å². The molecule has 5 nitrogen and oxygen atoms in total. The number of aryl methyl sites for hydroxylation is 1. The Morgan fingerprint density at radius 3 is 2.63 bits per heavy atom. The summed E-state index contributed by atoms with van der Waals surface area (Å²) in [6.45, 7) is 5.63. The molecule has 0 radical (unpaired) electrons. The van der Waals surface area contributed by atoms with Crippen molar-refractivity contribution in [2.45, 2.75) is 57.3 Å². The fourth-order valence-corrected chi connectivity index (χ4v) is 5.23. The van der Waals surface area contributed by atoms with E-state index in [0.717, 1.165) is 31.2 Å². The Hall–Kier alpha value is -1.66. The largest absolute Gasteiger partial charge is 0.348 e. The first-order chi connectivity index (χ1) is 12.9. The molecule has 2 aliphatic rings. The van der Waals surface area contributed by atoms with Gasteiger partial charge in [-0.3, -0.25) is 4.79 Å². The number of benzene rings is 1. The fraction of sp³-hybridized carbons (Fsp3) is 0.571. The third-order valence-corrected chi connectivity index (χ3v) is 7.59. The Balaban J connectivity index is 1.75. The molecular weight excluding hydrogens is 360 g/mol. The van der Waals surface area contributed by atoms with E-state index in [1.807, 2.05) is 6.92 Å². The summed E-state index contributed by atoms with van der Waals surface area (Å²) in [5.74, 6) is 0.355. The molecule has 1 amide bonds. The number of allylic oxidation sites excluding steroid dienone is 1. The Kier molecular flexibility index (Phi) is 6.37. The van der Waals surface area contributed by atoms with Crippen LogP contribution in [0.5, 0.6) is 0 Å². The van der Waals surface area contributed by atoms with Gasteiger partial charge < -0.3 is 5.32 Å². The number of nitrogens with one attached hydrogen (secondary N) is 1. The average Bonchev–Trinajstić information content (AvgIpc) is 2.67. The van der Waals surface area contributed by atoms with Crippen LogP contribution in [0, 0.1) is 12.8 Å². The van der Waals surface area contributed by atoms with Crippen molar-refractivity contribution in [3.63, 3.8) is 0 Å². The van der Waals surface area contributed by atoms with Crippen LogP contribution in [0.25, 0.3) is 0 Å². The molecule has 1 N–H and O–H groups in total. The van der Waals surface area contributed by atoms with Gasteiger partial charge in [0.1, 0.15) is 0 Å². The zero-order chi connectivity index (χ0) is 19.4. The van der Waals surface area contributed by atoms with Gasteiger partial charge in [-0.05, 0) is 69.1 Å². The molecule has 6 heteroatoms. The number of amides is 1. The van der Waals surface area contributed by atoms with E-state index in [-0.39, 0.29) is 10.8 Å². The highest BCUT2D eigenvalue weighted by Crippen LogP contribution is 2.25. The Morgan fingerprint density at radius 2 is 1.96 bits per heavy atom. The van der Waals surface area contributed by atoms with Crippen molar-refractivity contribution >= 4 is 15.9 Å². The van der Waals surface area contributed by atoms with Crippen LogP contribution in [0.15, 0.2) is 34.7 Å². The molecule has 1 aliphatic carbocycles. The molecule has 0 unspecified atom stereocenters. The summed E-state index contributed by atoms with van der Waals surface area (Å²) in [4.78, 5) is 12.9. The van der Waals surface area contributed by atoms with Gasteiger partial charge >= 0.3 is 0 Å². The fourth-order valence-electron chi connectivity index (χ4n) is 3.73. The standard InChI is InChI=1S/C21H30N2O3S/c1-16-10-12-23(13-11-16)27(25,26)19-9-8-17(2)20(14-19)21(24)22-15-18-6-4-3-5-7-18/h6,8-9,14,16H,3-5,7,10-13,15H2,1-2H3,(H,22,24). The van der Waals surface area contributed by atoms with Gasteiger partial charge in [0.2, 0.25) is 10.0 Å². The quantitative estimate of drug-likeness (QED) is 0.781. The molecule has 27 heavy (non-hydrogen) atoms. The lowest BCUT2D eigenvalue weighted by Gasteiger charge is -2.29. The number of hydrogen-bond acceptors (Lipinski definition) is 3. The van der Waals surface area contributed by atoms with Crippen molar-refractivity contribution in [1.29, 1.82) is 0 Å². The van der Waals surface area contributed by atoms with E-state index in [1.54, 1.807) is 16.4 Å². The van der Waals surface area contributed by atoms with Crippen LogP contribution in [-0.4, -0.2) is 38.3 Å². The first-order valence-electron chi connectivity index (χ1n) is 9.95. The summed E-state index contributed by atoms with van der Waals surface area (Å²) in [6, 6.07) is 4.88. The second-order valence-electron chi connectivity index (χ2n) is 7.85. The monoisotopic (exact) mass is 390 g/mol. The van der Waals surface area contributed by atoms with Gasteiger partial charge in [-0.1, -0.05) is 24.6 Å². The number of nitrogens with zero attached hydrogens (tertiary/aromatic N) is 1. The minimum Gasteiger partial charge on any atom is -0.348 e. The van der Waals surface area contributed by atoms with Crippen LogP contribution in [0.3, 0.4) is 0 Å². The minimum absolute atomic E-state index is 0.205. The maximum Gasteiger partial charge on any atom is 0.251 e. The molecule has 148 valence electrons. The van der Waals surface area contributed by atoms with Gasteiger partial charge in [0.05, 0.1) is 4.90 Å². The highest BCUT2D eigenvalue weighted by atomic mass is 32.2. The lowest BCUT2D eigenvalue weighted by Crippen LogP contribution is -2.38. The van der Waals surface area contributed by atoms with Crippen LogP contribution in [0.2, 0.25) is 0 Å². The molecular formula is C21H30N2O3S. The van der Waals surface area contributed by atoms with Crippen LogP contribution in [-0.2, 0) is 10.0 Å². The predicted octanol–water partition coefficient (Wildman–Crippen LogP) is 3.65. The van der Waals surface area contributed by atoms with Crippen molar-refractivity contribution in [2.75, 3.05) is 19.6 Å². The third-order valence-electron chi connectivity index (χ3n) is 5.70. The first-order valence-corrected chi connectivity index (χ1v) is 11.4. The minimum atomic E-state index is -3.55. The first kappa shape index (κ1) is 20.1. The highest BCUT2D eigenvalue weighted by Gasteiger charge is 2.28. The number of carbonyl (C=O) groups excluding carboxylic acids is 1. The number of sulfonamides is 1. The van der Waals surface area contributed by atoms with E-state index in [2.05, 4.69) is 18.3 Å². The van der Waals surface area contributed by atoms with Crippen molar-refractivity contribution in [3.8, 4) is 0 Å². The lowest BCUT2D eigenvalue weighted by molar-refractivity contribution is 0.0955. The summed E-state index contributed by atoms with van der Waals surface area (Å²) in [5.41, 5.74) is 2.49. The molecule has 1 aromatic carbocycles. The summed E-state index contributed by atoms with van der Waals surface area (Å²) in [5, 5.41) is 2.96. The van der Waals surface area contributed by atoms with Gasteiger partial charge in [0.25, 0.3) is 5.91 Å². The highest BCUT2D eigenvalue weighted by molar-refractivity contribution is 7.89. The molecule has 1 heterocycles. The topological polar surface area (TPSA) is 66.5 Å². The summed E-state index contributed by atoms with van der Waals surface area (Å²) < 4.78 is 27.5. The SMILES string of the molecule is Cc1ccc(S(=O)(=O)N2CCC(C)CC2)cc1C(=O)NCC1=CCCCC1. The van der Waals surface area contributed by atoms with Crippen LogP contribution in [0.4, 0.5) is 0 Å². The second-order valence-corrected chi connectivity index (χ2v) is 9.79. The number of rotatable bonds is 5. The van der Waals surface area contributed by atoms with Gasteiger partial charge in [0.15, 0.2) is 0 Å². The van der Waals surface area contributed by atoms with Crippen molar-refractivity contribution in [1.82, 2.24) is 9.62 Å². The molecule has 1 aliphatic heterocycles. The predicted molar refractivity (Wildman–Crippen MR) is 107 cm³/mol. The molecule has 0 spiro atoms. The third kappa shape index (κ3) is 4.79. The number of piperidine rings is 1. The maximum absolute atomic E-state index is 13.0. The smallest absolute Gasteiger partial charge is 0.251 e. The van der Waals surface area contributed by atoms with Crippen molar-refractivity contribution in [2.24, 2.45) is 5.92 Å². The van der Waals surface area contributed by atoms with E-state index in [1.165, 1.54) is 24.5 Å². The van der Waals surface area contributed by atoms with Crippen molar-refractivity contribution in [3.05, 3.63) is 41.0 Å². The maximum atomic E-state index is 13.0. The molecule has 0 atom stereocenters. The Bertz CT molecular complexity index is 822. The van der Waals surface area contributed by atoms with Gasteiger partial charge in [0, 0.05) is 25.2 Å². The average molecular weight is 391 g/mol. The zero-order valence-electron chi connectivity index (χ0n) is 16.3. The second kappa shape index (κ2) is 8.57. The van der Waals surface area contributed by atoms with Crippen LogP contribution in [0.1, 0.15) is 61.4 Å². The van der Waals surface area contributed by atoms with E-state index in [4.69, 9.17) is 0 Å². The Labute approximate surface area is 162 Å². The summed E-state index contributed by atoms with van der Waals surface area (Å²) in [6.07, 6.45) is 8.46. The Morgan fingerprint density at radius 1 is 1.22 bits per heavy atom. The van der Waals surface area contributed by atoms with E-state index >= 15 is 0 Å². The molecule has 1 aromatic rings. The molecule has 3 rings (SSSR count). The molecule has 1 fully saturated rings. The summed E-state index contributed by atoms with van der Waals surface area (Å²) >= 11 is 0. The molecule has 0 saturated carbocycles. The normalized spacial score (nSPS) is 19.6. The zero-order valence-corrected chi connectivity index (χ0v) is 17.1. The van der Waals surface area contributed by atoms with Crippen molar-refractivity contribution < 1.29 is 13.2 Å². The van der Waals surface area contributed by atoms with Gasteiger partial charge in [-0.15, -0.1) is 0 Å². The lowest BCUT2D eigenvalue weighted by atomic mass is 9.99. The molecule has 1 saturated heterocycles.